The summed E-state index contributed by atoms with van der Waals surface area (Å²) in [7, 11) is 0. The third-order valence-electron chi connectivity index (χ3n) is 7.07. The van der Waals surface area contributed by atoms with E-state index in [-0.39, 0.29) is 0 Å². The van der Waals surface area contributed by atoms with Gasteiger partial charge in [0.2, 0.25) is 0 Å². The maximum absolute atomic E-state index is 6.25. The van der Waals surface area contributed by atoms with Crippen LogP contribution >= 0.6 is 0 Å². The summed E-state index contributed by atoms with van der Waals surface area (Å²) in [4.78, 5) is 0. The van der Waals surface area contributed by atoms with Crippen molar-refractivity contribution in [3.05, 3.63) is 146 Å². The smallest absolute Gasteiger partial charge is 0.136 e. The van der Waals surface area contributed by atoms with Crippen LogP contribution in [0.15, 0.2) is 145 Å². The van der Waals surface area contributed by atoms with Gasteiger partial charge in [0.25, 0.3) is 0 Å². The molecule has 1 heteroatoms. The molecular weight excluding hydrogens is 460 g/mol. The largest absolute Gasteiger partial charge is 0.456 e. The second-order valence-corrected chi connectivity index (χ2v) is 9.56. The number of allylic oxidation sites excluding steroid dienone is 2. The van der Waals surface area contributed by atoms with Crippen LogP contribution in [0.4, 0.5) is 0 Å². The van der Waals surface area contributed by atoms with E-state index in [1.807, 2.05) is 0 Å². The molecule has 182 valence electrons. The summed E-state index contributed by atoms with van der Waals surface area (Å²) in [6.07, 6.45) is 3.28. The molecule has 0 saturated carbocycles. The predicted molar refractivity (Wildman–Crippen MR) is 165 cm³/mol. The quantitative estimate of drug-likeness (QED) is 0.178. The Labute approximate surface area is 223 Å². The summed E-state index contributed by atoms with van der Waals surface area (Å²) >= 11 is 0. The summed E-state index contributed by atoms with van der Waals surface area (Å²) < 4.78 is 6.25. The Morgan fingerprint density at radius 2 is 1.26 bits per heavy atom. The molecule has 1 nitrogen and oxygen atoms in total. The van der Waals surface area contributed by atoms with Crippen molar-refractivity contribution in [1.29, 1.82) is 0 Å². The molecule has 6 aromatic carbocycles. The Balaban J connectivity index is 0.000000620. The lowest BCUT2D eigenvalue weighted by molar-refractivity contribution is 0.669. The van der Waals surface area contributed by atoms with E-state index in [0.717, 1.165) is 16.6 Å². The van der Waals surface area contributed by atoms with Gasteiger partial charge in [-0.3, -0.25) is 0 Å². The highest BCUT2D eigenvalue weighted by molar-refractivity contribution is 6.14. The van der Waals surface area contributed by atoms with Crippen LogP contribution in [0.3, 0.4) is 0 Å². The van der Waals surface area contributed by atoms with Crippen LogP contribution in [0, 0.1) is 6.92 Å². The molecule has 0 saturated heterocycles. The third kappa shape index (κ3) is 4.19. The Morgan fingerprint density at radius 3 is 2.11 bits per heavy atom. The fourth-order valence-electron chi connectivity index (χ4n) is 5.25. The first-order valence-electron chi connectivity index (χ1n) is 12.8. The predicted octanol–water partition coefficient (Wildman–Crippen LogP) is 10.9. The molecule has 1 aromatic heterocycles. The van der Waals surface area contributed by atoms with Crippen LogP contribution < -0.4 is 0 Å². The monoisotopic (exact) mass is 488 g/mol. The standard InChI is InChI=1S/C33H22O.C4H6/c1-21-6-4-8-25(18-21)29-10-5-11-32-33(29)30-20-24(15-17-31(30)34-32)23-14-16-28-26(19-23)13-12-22-7-2-3-9-27(22)28;1-3-4-2/h2-20H,1H3;3-4H,1-2H2. The molecule has 0 aliphatic rings. The number of hydrogen-bond donors (Lipinski definition) is 0. The van der Waals surface area contributed by atoms with Crippen LogP contribution in [-0.4, -0.2) is 0 Å². The number of aryl methyl sites for hydroxylation is 1. The highest BCUT2D eigenvalue weighted by Crippen LogP contribution is 2.39. The van der Waals surface area contributed by atoms with E-state index < -0.39 is 0 Å². The van der Waals surface area contributed by atoms with E-state index in [1.54, 1.807) is 12.2 Å². The molecule has 0 bridgehead atoms. The van der Waals surface area contributed by atoms with Crippen molar-refractivity contribution in [2.45, 2.75) is 6.92 Å². The average molecular weight is 489 g/mol. The molecule has 38 heavy (non-hydrogen) atoms. The Kier molecular flexibility index (Phi) is 6.11. The van der Waals surface area contributed by atoms with Crippen molar-refractivity contribution in [2.75, 3.05) is 0 Å². The normalized spacial score (nSPS) is 11.0. The maximum Gasteiger partial charge on any atom is 0.136 e. The number of benzene rings is 6. The van der Waals surface area contributed by atoms with Crippen LogP contribution in [-0.2, 0) is 0 Å². The van der Waals surface area contributed by atoms with E-state index in [4.69, 9.17) is 4.42 Å². The van der Waals surface area contributed by atoms with E-state index in [9.17, 15) is 0 Å². The zero-order chi connectivity index (χ0) is 26.1. The van der Waals surface area contributed by atoms with Crippen molar-refractivity contribution in [2.24, 2.45) is 0 Å². The molecule has 0 atom stereocenters. The van der Waals surface area contributed by atoms with Gasteiger partial charge in [-0.25, -0.2) is 0 Å². The summed E-state index contributed by atoms with van der Waals surface area (Å²) in [5.74, 6) is 0. The van der Waals surface area contributed by atoms with Crippen molar-refractivity contribution in [3.8, 4) is 22.3 Å². The highest BCUT2D eigenvalue weighted by atomic mass is 16.3. The van der Waals surface area contributed by atoms with Crippen LogP contribution in [0.1, 0.15) is 5.56 Å². The summed E-state index contributed by atoms with van der Waals surface area (Å²) in [6.45, 7) is 8.86. The highest BCUT2D eigenvalue weighted by Gasteiger charge is 2.14. The summed E-state index contributed by atoms with van der Waals surface area (Å²) in [5.41, 5.74) is 7.95. The van der Waals surface area contributed by atoms with Crippen LogP contribution in [0.2, 0.25) is 0 Å². The van der Waals surface area contributed by atoms with Crippen LogP contribution in [0.5, 0.6) is 0 Å². The van der Waals surface area contributed by atoms with Crippen molar-refractivity contribution in [3.63, 3.8) is 0 Å². The number of rotatable bonds is 3. The van der Waals surface area contributed by atoms with E-state index in [1.165, 1.54) is 54.7 Å². The lowest BCUT2D eigenvalue weighted by atomic mass is 9.95. The minimum absolute atomic E-state index is 0.922. The van der Waals surface area contributed by atoms with Gasteiger partial charge in [0, 0.05) is 10.8 Å². The van der Waals surface area contributed by atoms with E-state index in [0.29, 0.717) is 0 Å². The zero-order valence-corrected chi connectivity index (χ0v) is 21.4. The number of hydrogen-bond acceptors (Lipinski definition) is 1. The minimum atomic E-state index is 0.922. The fraction of sp³-hybridized carbons (Fsp3) is 0.0270. The Morgan fingerprint density at radius 1 is 0.526 bits per heavy atom. The van der Waals surface area contributed by atoms with Gasteiger partial charge in [-0.15, -0.1) is 0 Å². The van der Waals surface area contributed by atoms with Gasteiger partial charge in [-0.05, 0) is 75.0 Å². The van der Waals surface area contributed by atoms with E-state index >= 15 is 0 Å². The van der Waals surface area contributed by atoms with Gasteiger partial charge in [0.15, 0.2) is 0 Å². The minimum Gasteiger partial charge on any atom is -0.456 e. The second kappa shape index (κ2) is 9.88. The summed E-state index contributed by atoms with van der Waals surface area (Å²) in [5, 5.41) is 7.45. The van der Waals surface area contributed by atoms with Gasteiger partial charge in [-0.2, -0.15) is 0 Å². The lowest BCUT2D eigenvalue weighted by Crippen LogP contribution is -1.83. The van der Waals surface area contributed by atoms with Gasteiger partial charge in [-0.1, -0.05) is 122 Å². The molecule has 0 aliphatic carbocycles. The topological polar surface area (TPSA) is 13.1 Å². The molecule has 0 unspecified atom stereocenters. The molecular formula is C37H28O. The first-order chi connectivity index (χ1) is 18.7. The number of fused-ring (bicyclic) bond motifs is 6. The molecule has 7 aromatic rings. The fourth-order valence-corrected chi connectivity index (χ4v) is 5.25. The molecule has 0 fully saturated rings. The van der Waals surface area contributed by atoms with Crippen molar-refractivity contribution >= 4 is 43.5 Å². The maximum atomic E-state index is 6.25. The SMILES string of the molecule is C=CC=C.Cc1cccc(-c2cccc3oc4ccc(-c5ccc6c(ccc7ccccc76)c5)cc4c23)c1. The zero-order valence-electron chi connectivity index (χ0n) is 21.4. The lowest BCUT2D eigenvalue weighted by Gasteiger charge is -2.08. The first kappa shape index (κ1) is 23.5. The molecule has 7 rings (SSSR count). The average Bonchev–Trinajstić information content (AvgIpc) is 3.35. The van der Waals surface area contributed by atoms with E-state index in [2.05, 4.69) is 135 Å². The molecule has 0 spiro atoms. The first-order valence-corrected chi connectivity index (χ1v) is 12.8. The molecule has 0 N–H and O–H groups in total. The molecule has 0 radical (unpaired) electrons. The third-order valence-corrected chi connectivity index (χ3v) is 7.07. The number of furan rings is 1. The van der Waals surface area contributed by atoms with Gasteiger partial charge < -0.3 is 4.42 Å². The van der Waals surface area contributed by atoms with Crippen molar-refractivity contribution in [1.82, 2.24) is 0 Å². The van der Waals surface area contributed by atoms with Gasteiger partial charge in [0.05, 0.1) is 0 Å². The Bertz CT molecular complexity index is 1960. The van der Waals surface area contributed by atoms with Crippen molar-refractivity contribution < 1.29 is 4.42 Å². The summed E-state index contributed by atoms with van der Waals surface area (Å²) in [6, 6.07) is 41.4. The molecule has 1 heterocycles. The Hall–Kier alpha value is -4.88. The van der Waals surface area contributed by atoms with Gasteiger partial charge >= 0.3 is 0 Å². The van der Waals surface area contributed by atoms with Crippen LogP contribution in [0.25, 0.3) is 65.7 Å². The van der Waals surface area contributed by atoms with Gasteiger partial charge in [0.1, 0.15) is 11.2 Å². The molecule has 0 aliphatic heterocycles. The molecule has 0 amide bonds. The second-order valence-electron chi connectivity index (χ2n) is 9.56.